The molecule has 114 valence electrons. The summed E-state index contributed by atoms with van der Waals surface area (Å²) in [6.45, 7) is 0.880. The Bertz CT molecular complexity index is 672. The monoisotopic (exact) mass is 317 g/mol. The molecular weight excluding hydrogens is 302 g/mol. The van der Waals surface area contributed by atoms with Crippen LogP contribution in [0.1, 0.15) is 10.4 Å². The third-order valence-corrected chi connectivity index (χ3v) is 3.73. The fourth-order valence-electron chi connectivity index (χ4n) is 2.35. The fourth-order valence-corrected chi connectivity index (χ4v) is 2.48. The van der Waals surface area contributed by atoms with E-state index in [1.54, 1.807) is 36.2 Å². The lowest BCUT2D eigenvalue weighted by molar-refractivity contribution is 0.0521. The fraction of sp³-hybridized carbons (Fsp3) is 0.235. The molecule has 1 aliphatic rings. The molecule has 0 saturated heterocycles. The number of fused-ring (bicyclic) bond motifs is 1. The van der Waals surface area contributed by atoms with Crippen LogP contribution in [0.4, 0.5) is 0 Å². The molecule has 1 heterocycles. The summed E-state index contributed by atoms with van der Waals surface area (Å²) in [6.07, 6.45) is -0.184. The van der Waals surface area contributed by atoms with Gasteiger partial charge in [-0.2, -0.15) is 0 Å². The molecule has 0 spiro atoms. The van der Waals surface area contributed by atoms with Crippen molar-refractivity contribution in [1.29, 1.82) is 0 Å². The summed E-state index contributed by atoms with van der Waals surface area (Å²) < 4.78 is 11.5. The van der Waals surface area contributed by atoms with Gasteiger partial charge < -0.3 is 14.4 Å². The van der Waals surface area contributed by atoms with Gasteiger partial charge in [-0.15, -0.1) is 0 Å². The molecule has 0 saturated carbocycles. The van der Waals surface area contributed by atoms with Crippen LogP contribution < -0.4 is 9.47 Å². The summed E-state index contributed by atoms with van der Waals surface area (Å²) in [4.78, 5) is 14.0. The Hall–Kier alpha value is -2.20. The van der Waals surface area contributed by atoms with Gasteiger partial charge >= 0.3 is 0 Å². The lowest BCUT2D eigenvalue weighted by Crippen LogP contribution is -2.41. The molecule has 5 heteroatoms. The smallest absolute Gasteiger partial charge is 0.253 e. The minimum Gasteiger partial charge on any atom is -0.486 e. The summed E-state index contributed by atoms with van der Waals surface area (Å²) in [5.41, 5.74) is 0.601. The third-order valence-electron chi connectivity index (χ3n) is 3.48. The summed E-state index contributed by atoms with van der Waals surface area (Å²) in [7, 11) is 1.75. The van der Waals surface area contributed by atoms with E-state index in [9.17, 15) is 4.79 Å². The average Bonchev–Trinajstić information content (AvgIpc) is 2.55. The average molecular weight is 318 g/mol. The van der Waals surface area contributed by atoms with Crippen molar-refractivity contribution in [3.8, 4) is 11.5 Å². The number of ether oxygens (including phenoxy) is 2. The zero-order chi connectivity index (χ0) is 15.5. The van der Waals surface area contributed by atoms with E-state index in [-0.39, 0.29) is 12.0 Å². The van der Waals surface area contributed by atoms with E-state index in [2.05, 4.69) is 0 Å². The van der Waals surface area contributed by atoms with Crippen LogP contribution in [0.2, 0.25) is 5.02 Å². The first-order valence-electron chi connectivity index (χ1n) is 7.03. The van der Waals surface area contributed by atoms with Crippen molar-refractivity contribution in [3.63, 3.8) is 0 Å². The molecule has 4 nitrogen and oxygen atoms in total. The lowest BCUT2D eigenvalue weighted by Gasteiger charge is -2.29. The Morgan fingerprint density at radius 1 is 1.18 bits per heavy atom. The molecule has 3 rings (SSSR count). The summed E-state index contributed by atoms with van der Waals surface area (Å²) >= 11 is 5.84. The highest BCUT2D eigenvalue weighted by molar-refractivity contribution is 6.30. The van der Waals surface area contributed by atoms with Gasteiger partial charge in [0.1, 0.15) is 6.61 Å². The second kappa shape index (κ2) is 6.28. The van der Waals surface area contributed by atoms with Crippen molar-refractivity contribution >= 4 is 17.5 Å². The third kappa shape index (κ3) is 3.17. The highest BCUT2D eigenvalue weighted by atomic mass is 35.5. The minimum atomic E-state index is -0.184. The van der Waals surface area contributed by atoms with Gasteiger partial charge in [-0.25, -0.2) is 0 Å². The van der Waals surface area contributed by atoms with Gasteiger partial charge in [0, 0.05) is 17.6 Å². The summed E-state index contributed by atoms with van der Waals surface area (Å²) in [5, 5.41) is 0.611. The molecule has 2 aromatic carbocycles. The van der Waals surface area contributed by atoms with E-state index >= 15 is 0 Å². The molecule has 1 aliphatic heterocycles. The Morgan fingerprint density at radius 2 is 1.86 bits per heavy atom. The molecule has 0 bridgehead atoms. The highest BCUT2D eigenvalue weighted by Gasteiger charge is 2.24. The van der Waals surface area contributed by atoms with Crippen molar-refractivity contribution in [2.75, 3.05) is 20.2 Å². The molecule has 22 heavy (non-hydrogen) atoms. The number of halogens is 1. The van der Waals surface area contributed by atoms with Crippen molar-refractivity contribution in [3.05, 3.63) is 59.1 Å². The number of carbonyl (C=O) groups excluding carboxylic acids is 1. The number of nitrogens with zero attached hydrogens (tertiary/aromatic N) is 1. The van der Waals surface area contributed by atoms with Crippen LogP contribution in [0.3, 0.4) is 0 Å². The molecule has 0 radical (unpaired) electrons. The number of rotatable bonds is 3. The van der Waals surface area contributed by atoms with Gasteiger partial charge in [0.05, 0.1) is 6.54 Å². The number of likely N-dealkylation sites (N-methyl/N-ethyl adjacent to an activating group) is 1. The molecule has 0 aromatic heterocycles. The second-order valence-corrected chi connectivity index (χ2v) is 5.63. The maximum Gasteiger partial charge on any atom is 0.253 e. The SMILES string of the molecule is CN(CC1COc2ccccc2O1)C(=O)c1ccc(Cl)cc1. The summed E-state index contributed by atoms with van der Waals surface area (Å²) in [6, 6.07) is 14.4. The van der Waals surface area contributed by atoms with E-state index in [0.717, 1.165) is 5.75 Å². The van der Waals surface area contributed by atoms with Gasteiger partial charge in [-0.3, -0.25) is 4.79 Å². The van der Waals surface area contributed by atoms with Crippen LogP contribution in [-0.2, 0) is 0 Å². The molecule has 2 aromatic rings. The number of carbonyl (C=O) groups is 1. The van der Waals surface area contributed by atoms with E-state index in [1.807, 2.05) is 24.3 Å². The van der Waals surface area contributed by atoms with Gasteiger partial charge in [0.2, 0.25) is 0 Å². The van der Waals surface area contributed by atoms with E-state index in [0.29, 0.717) is 29.5 Å². The van der Waals surface area contributed by atoms with Crippen molar-refractivity contribution in [2.24, 2.45) is 0 Å². The van der Waals surface area contributed by atoms with Gasteiger partial charge in [-0.1, -0.05) is 23.7 Å². The van der Waals surface area contributed by atoms with Gasteiger partial charge in [-0.05, 0) is 36.4 Å². The van der Waals surface area contributed by atoms with Gasteiger partial charge in [0.25, 0.3) is 5.91 Å². The second-order valence-electron chi connectivity index (χ2n) is 5.19. The Morgan fingerprint density at radius 3 is 2.59 bits per heavy atom. The van der Waals surface area contributed by atoms with Gasteiger partial charge in [0.15, 0.2) is 17.6 Å². The zero-order valence-corrected chi connectivity index (χ0v) is 12.9. The number of hydrogen-bond acceptors (Lipinski definition) is 3. The Balaban J connectivity index is 1.64. The van der Waals surface area contributed by atoms with E-state index < -0.39 is 0 Å². The quantitative estimate of drug-likeness (QED) is 0.872. The van der Waals surface area contributed by atoms with Crippen molar-refractivity contribution in [2.45, 2.75) is 6.10 Å². The maximum atomic E-state index is 12.4. The first kappa shape index (κ1) is 14.7. The number of para-hydroxylation sites is 2. The first-order chi connectivity index (χ1) is 10.6. The number of benzene rings is 2. The largest absolute Gasteiger partial charge is 0.486 e. The predicted molar refractivity (Wildman–Crippen MR) is 84.8 cm³/mol. The molecule has 1 amide bonds. The van der Waals surface area contributed by atoms with E-state index in [1.165, 1.54) is 0 Å². The van der Waals surface area contributed by atoms with Crippen LogP contribution in [0.5, 0.6) is 11.5 Å². The zero-order valence-electron chi connectivity index (χ0n) is 12.2. The van der Waals surface area contributed by atoms with E-state index in [4.69, 9.17) is 21.1 Å². The topological polar surface area (TPSA) is 38.8 Å². The first-order valence-corrected chi connectivity index (χ1v) is 7.41. The number of amides is 1. The standard InChI is InChI=1S/C17H16ClNO3/c1-19(17(20)12-6-8-13(18)9-7-12)10-14-11-21-15-4-2-3-5-16(15)22-14/h2-9,14H,10-11H2,1H3. The Labute approximate surface area is 134 Å². The van der Waals surface area contributed by atoms with Crippen LogP contribution >= 0.6 is 11.6 Å². The van der Waals surface area contributed by atoms with Crippen LogP contribution in [-0.4, -0.2) is 37.1 Å². The summed E-state index contributed by atoms with van der Waals surface area (Å²) in [5.74, 6) is 1.38. The lowest BCUT2D eigenvalue weighted by atomic mass is 10.2. The normalized spacial score (nSPS) is 16.2. The molecular formula is C17H16ClNO3. The maximum absolute atomic E-state index is 12.4. The van der Waals surface area contributed by atoms with Crippen LogP contribution in [0.25, 0.3) is 0 Å². The molecule has 0 fully saturated rings. The van der Waals surface area contributed by atoms with Crippen molar-refractivity contribution in [1.82, 2.24) is 4.90 Å². The molecule has 1 atom stereocenters. The highest BCUT2D eigenvalue weighted by Crippen LogP contribution is 2.31. The number of hydrogen-bond donors (Lipinski definition) is 0. The Kier molecular flexibility index (Phi) is 4.20. The van der Waals surface area contributed by atoms with Crippen molar-refractivity contribution < 1.29 is 14.3 Å². The molecule has 0 aliphatic carbocycles. The van der Waals surface area contributed by atoms with Crippen LogP contribution in [0, 0.1) is 0 Å². The molecule has 0 N–H and O–H groups in total. The minimum absolute atomic E-state index is 0.0703. The van der Waals surface area contributed by atoms with Crippen LogP contribution in [0.15, 0.2) is 48.5 Å². The predicted octanol–water partition coefficient (Wildman–Crippen LogP) is 3.25. The molecule has 1 unspecified atom stereocenters.